The van der Waals surface area contributed by atoms with Crippen LogP contribution in [0.3, 0.4) is 0 Å². The largest absolute Gasteiger partial charge is 0.303 e. The molecule has 3 heteroatoms. The number of hydrogen-bond donors (Lipinski definition) is 0. The number of carbonyl (C=O) groups is 1. The van der Waals surface area contributed by atoms with E-state index < -0.39 is 0 Å². The summed E-state index contributed by atoms with van der Waals surface area (Å²) in [5.74, 6) is 0.611. The van der Waals surface area contributed by atoms with Crippen LogP contribution in [0.5, 0.6) is 0 Å². The maximum absolute atomic E-state index is 11.6. The summed E-state index contributed by atoms with van der Waals surface area (Å²) in [5, 5.41) is 2.09. The smallest absolute Gasteiger partial charge is 0.127 e. The van der Waals surface area contributed by atoms with E-state index in [0.717, 1.165) is 12.8 Å². The van der Waals surface area contributed by atoms with Crippen molar-refractivity contribution in [1.29, 1.82) is 0 Å². The van der Waals surface area contributed by atoms with Gasteiger partial charge in [0.25, 0.3) is 0 Å². The summed E-state index contributed by atoms with van der Waals surface area (Å²) in [6.07, 6.45) is 7.50. The molecule has 114 valence electrons. The second kappa shape index (κ2) is 6.71. The molecule has 0 spiro atoms. The lowest BCUT2D eigenvalue weighted by Gasteiger charge is -2.34. The minimum absolute atomic E-state index is 0.00172. The molecule has 3 nitrogen and oxygen atoms in total. The Balaban J connectivity index is 1.78. The van der Waals surface area contributed by atoms with Crippen LogP contribution in [0.15, 0.2) is 30.3 Å². The summed E-state index contributed by atoms with van der Waals surface area (Å²) in [6.45, 7) is 2.80. The summed E-state index contributed by atoms with van der Waals surface area (Å²) < 4.78 is 0. The molecule has 1 saturated heterocycles. The first-order valence-electron chi connectivity index (χ1n) is 8.22. The standard InChI is InChI=1S/C18H25NO2/c1-14-17(13-20)18(16-10-6-3-7-11-16)19(21-14)12-15-8-4-2-5-9-15/h2,4-5,8-9,13-14,16-18H,3,6-7,10-12H2,1H3/t14-,17-,18+/m1/s1. The molecule has 0 aromatic heterocycles. The number of benzene rings is 1. The highest BCUT2D eigenvalue weighted by atomic mass is 16.7. The Kier molecular flexibility index (Phi) is 4.71. The predicted octanol–water partition coefficient (Wildman–Crippen LogP) is 3.59. The quantitative estimate of drug-likeness (QED) is 0.793. The summed E-state index contributed by atoms with van der Waals surface area (Å²) in [7, 11) is 0. The van der Waals surface area contributed by atoms with Crippen LogP contribution in [0.1, 0.15) is 44.6 Å². The Hall–Kier alpha value is -1.19. The van der Waals surface area contributed by atoms with Crippen LogP contribution >= 0.6 is 0 Å². The molecule has 1 saturated carbocycles. The van der Waals surface area contributed by atoms with Crippen LogP contribution in [0, 0.1) is 11.8 Å². The van der Waals surface area contributed by atoms with Crippen LogP contribution in [-0.4, -0.2) is 23.5 Å². The maximum atomic E-state index is 11.6. The Morgan fingerprint density at radius 2 is 1.90 bits per heavy atom. The number of carbonyl (C=O) groups excluding carboxylic acids is 1. The normalized spacial score (nSPS) is 31.4. The fourth-order valence-corrected chi connectivity index (χ4v) is 3.95. The number of hydroxylamine groups is 2. The van der Waals surface area contributed by atoms with E-state index in [1.54, 1.807) is 0 Å². The molecule has 3 rings (SSSR count). The Labute approximate surface area is 127 Å². The van der Waals surface area contributed by atoms with Gasteiger partial charge in [-0.15, -0.1) is 0 Å². The van der Waals surface area contributed by atoms with Gasteiger partial charge in [-0.2, -0.15) is 5.06 Å². The molecule has 3 atom stereocenters. The molecule has 1 heterocycles. The topological polar surface area (TPSA) is 29.5 Å². The van der Waals surface area contributed by atoms with Crippen molar-refractivity contribution in [3.63, 3.8) is 0 Å². The van der Waals surface area contributed by atoms with Gasteiger partial charge >= 0.3 is 0 Å². The van der Waals surface area contributed by atoms with Gasteiger partial charge in [-0.1, -0.05) is 49.6 Å². The lowest BCUT2D eigenvalue weighted by Crippen LogP contribution is -2.40. The fourth-order valence-electron chi connectivity index (χ4n) is 3.95. The van der Waals surface area contributed by atoms with Gasteiger partial charge in [0.2, 0.25) is 0 Å². The van der Waals surface area contributed by atoms with Crippen LogP contribution in [0.25, 0.3) is 0 Å². The van der Waals surface area contributed by atoms with Crippen molar-refractivity contribution in [2.75, 3.05) is 0 Å². The SMILES string of the molecule is C[C@H]1ON(Cc2ccccc2)[C@@H](C2CCCCC2)[C@@H]1C=O. The summed E-state index contributed by atoms with van der Waals surface area (Å²) >= 11 is 0. The molecule has 1 aliphatic carbocycles. The van der Waals surface area contributed by atoms with Crippen LogP contribution in [0.4, 0.5) is 0 Å². The molecule has 2 fully saturated rings. The first-order valence-corrected chi connectivity index (χ1v) is 8.22. The lowest BCUT2D eigenvalue weighted by molar-refractivity contribution is -0.174. The highest BCUT2D eigenvalue weighted by Crippen LogP contribution is 2.38. The minimum Gasteiger partial charge on any atom is -0.303 e. The van der Waals surface area contributed by atoms with Gasteiger partial charge in [0.05, 0.1) is 18.1 Å². The number of rotatable bonds is 4. The highest BCUT2D eigenvalue weighted by Gasteiger charge is 2.45. The minimum atomic E-state index is -0.00172. The van der Waals surface area contributed by atoms with Gasteiger partial charge in [-0.25, -0.2) is 0 Å². The van der Waals surface area contributed by atoms with Gasteiger partial charge in [0.1, 0.15) is 6.29 Å². The molecule has 2 aliphatic rings. The van der Waals surface area contributed by atoms with E-state index in [1.165, 1.54) is 37.7 Å². The third-order valence-corrected chi connectivity index (χ3v) is 5.04. The molecule has 1 aromatic carbocycles. The van der Waals surface area contributed by atoms with Crippen molar-refractivity contribution < 1.29 is 9.63 Å². The summed E-state index contributed by atoms with van der Waals surface area (Å²) in [4.78, 5) is 17.6. The zero-order chi connectivity index (χ0) is 14.7. The number of hydrogen-bond acceptors (Lipinski definition) is 3. The Morgan fingerprint density at radius 3 is 2.57 bits per heavy atom. The highest BCUT2D eigenvalue weighted by molar-refractivity contribution is 5.56. The predicted molar refractivity (Wildman–Crippen MR) is 82.4 cm³/mol. The molecule has 0 N–H and O–H groups in total. The van der Waals surface area contributed by atoms with Crippen LogP contribution < -0.4 is 0 Å². The van der Waals surface area contributed by atoms with E-state index in [4.69, 9.17) is 4.84 Å². The van der Waals surface area contributed by atoms with Gasteiger partial charge < -0.3 is 4.79 Å². The average molecular weight is 287 g/mol. The van der Waals surface area contributed by atoms with E-state index >= 15 is 0 Å². The maximum Gasteiger partial charge on any atom is 0.127 e. The van der Waals surface area contributed by atoms with E-state index in [9.17, 15) is 4.79 Å². The van der Waals surface area contributed by atoms with Crippen molar-refractivity contribution in [1.82, 2.24) is 5.06 Å². The van der Waals surface area contributed by atoms with Crippen molar-refractivity contribution in [3.05, 3.63) is 35.9 Å². The zero-order valence-corrected chi connectivity index (χ0v) is 12.8. The van der Waals surface area contributed by atoms with Crippen LogP contribution in [-0.2, 0) is 16.2 Å². The van der Waals surface area contributed by atoms with Crippen molar-refractivity contribution in [2.45, 2.75) is 57.7 Å². The molecule has 0 radical (unpaired) electrons. The second-order valence-corrected chi connectivity index (χ2v) is 6.47. The summed E-state index contributed by atoms with van der Waals surface area (Å²) in [6, 6.07) is 10.6. The van der Waals surface area contributed by atoms with Crippen molar-refractivity contribution in [3.8, 4) is 0 Å². The van der Waals surface area contributed by atoms with E-state index in [1.807, 2.05) is 13.0 Å². The lowest BCUT2D eigenvalue weighted by atomic mass is 9.78. The molecule has 1 aromatic rings. The molecule has 0 bridgehead atoms. The van der Waals surface area contributed by atoms with Gasteiger partial charge in [-0.3, -0.25) is 4.84 Å². The van der Waals surface area contributed by atoms with Gasteiger partial charge in [-0.05, 0) is 31.2 Å². The monoisotopic (exact) mass is 287 g/mol. The van der Waals surface area contributed by atoms with Crippen LogP contribution in [0.2, 0.25) is 0 Å². The number of aldehydes is 1. The second-order valence-electron chi connectivity index (χ2n) is 6.47. The first kappa shape index (κ1) is 14.7. The van der Waals surface area contributed by atoms with Crippen molar-refractivity contribution >= 4 is 6.29 Å². The van der Waals surface area contributed by atoms with Crippen molar-refractivity contribution in [2.24, 2.45) is 11.8 Å². The Bertz CT molecular complexity index is 456. The van der Waals surface area contributed by atoms with Gasteiger partial charge in [0.15, 0.2) is 0 Å². The van der Waals surface area contributed by atoms with E-state index in [0.29, 0.717) is 5.92 Å². The molecule has 0 amide bonds. The van der Waals surface area contributed by atoms with E-state index in [-0.39, 0.29) is 18.1 Å². The molecular formula is C18H25NO2. The van der Waals surface area contributed by atoms with Gasteiger partial charge in [0, 0.05) is 6.54 Å². The summed E-state index contributed by atoms with van der Waals surface area (Å²) in [5.41, 5.74) is 1.25. The molecule has 1 aliphatic heterocycles. The third kappa shape index (κ3) is 3.19. The third-order valence-electron chi connectivity index (χ3n) is 5.04. The molecule has 0 unspecified atom stereocenters. The Morgan fingerprint density at radius 1 is 1.19 bits per heavy atom. The van der Waals surface area contributed by atoms with E-state index in [2.05, 4.69) is 29.3 Å². The number of nitrogens with zero attached hydrogens (tertiary/aromatic N) is 1. The molecular weight excluding hydrogens is 262 g/mol. The zero-order valence-electron chi connectivity index (χ0n) is 12.8. The average Bonchev–Trinajstić information content (AvgIpc) is 2.84. The fraction of sp³-hybridized carbons (Fsp3) is 0.611. The molecule has 21 heavy (non-hydrogen) atoms. The first-order chi connectivity index (χ1) is 10.3.